The third kappa shape index (κ3) is 3.63. The summed E-state index contributed by atoms with van der Waals surface area (Å²) in [6, 6.07) is 13.3. The molecule has 5 rings (SSSR count). The van der Waals surface area contributed by atoms with Crippen LogP contribution in [0.5, 0.6) is 0 Å². The Morgan fingerprint density at radius 2 is 1.97 bits per heavy atom. The maximum absolute atomic E-state index is 13.4. The van der Waals surface area contributed by atoms with Crippen molar-refractivity contribution in [3.63, 3.8) is 0 Å². The zero-order valence-electron chi connectivity index (χ0n) is 17.3. The first-order valence-electron chi connectivity index (χ1n) is 10.4. The number of nitrogens with one attached hydrogen (secondary N) is 1. The Bertz CT molecular complexity index is 1090. The predicted molar refractivity (Wildman–Crippen MR) is 112 cm³/mol. The first kappa shape index (κ1) is 19.6. The number of aryl methyl sites for hydroxylation is 1. The summed E-state index contributed by atoms with van der Waals surface area (Å²) in [5.74, 6) is 1.21. The third-order valence-corrected chi connectivity index (χ3v) is 6.00. The molecule has 1 N–H and O–H groups in total. The third-order valence-electron chi connectivity index (χ3n) is 6.00. The SMILES string of the molecule is Cc1oc(-c2ccco2)nc1CN1C(=O)NC2(CCCN(Cc3ccccc3)C2)C1=O. The molecule has 160 valence electrons. The molecule has 2 saturated heterocycles. The maximum Gasteiger partial charge on any atom is 0.325 e. The van der Waals surface area contributed by atoms with Gasteiger partial charge in [-0.05, 0) is 44.0 Å². The number of piperidine rings is 1. The molecular formula is C23H24N4O4. The average molecular weight is 420 g/mol. The van der Waals surface area contributed by atoms with Crippen molar-refractivity contribution in [2.24, 2.45) is 0 Å². The summed E-state index contributed by atoms with van der Waals surface area (Å²) in [5, 5.41) is 2.98. The van der Waals surface area contributed by atoms with E-state index < -0.39 is 5.54 Å². The Balaban J connectivity index is 1.32. The first-order chi connectivity index (χ1) is 15.0. The number of aromatic nitrogens is 1. The largest absolute Gasteiger partial charge is 0.459 e. The number of amides is 3. The normalized spacial score (nSPS) is 21.8. The van der Waals surface area contributed by atoms with Gasteiger partial charge in [0.25, 0.3) is 11.8 Å². The van der Waals surface area contributed by atoms with Crippen LogP contribution in [0.1, 0.15) is 29.9 Å². The van der Waals surface area contributed by atoms with E-state index in [0.717, 1.165) is 19.5 Å². The van der Waals surface area contributed by atoms with Gasteiger partial charge in [-0.2, -0.15) is 0 Å². The van der Waals surface area contributed by atoms with E-state index in [2.05, 4.69) is 27.3 Å². The van der Waals surface area contributed by atoms with Crippen LogP contribution >= 0.6 is 0 Å². The summed E-state index contributed by atoms with van der Waals surface area (Å²) < 4.78 is 11.0. The van der Waals surface area contributed by atoms with Crippen molar-refractivity contribution in [2.75, 3.05) is 13.1 Å². The van der Waals surface area contributed by atoms with Gasteiger partial charge in [0, 0.05) is 13.1 Å². The Hall–Kier alpha value is -3.39. The molecular weight excluding hydrogens is 396 g/mol. The van der Waals surface area contributed by atoms with Gasteiger partial charge in [-0.1, -0.05) is 30.3 Å². The molecule has 0 radical (unpaired) electrons. The van der Waals surface area contributed by atoms with Crippen molar-refractivity contribution in [1.82, 2.24) is 20.1 Å². The van der Waals surface area contributed by atoms with E-state index in [1.807, 2.05) is 18.2 Å². The molecule has 8 heteroatoms. The van der Waals surface area contributed by atoms with Crippen molar-refractivity contribution < 1.29 is 18.4 Å². The van der Waals surface area contributed by atoms with Gasteiger partial charge in [-0.15, -0.1) is 0 Å². The molecule has 1 spiro atoms. The number of rotatable bonds is 5. The molecule has 1 aromatic carbocycles. The highest BCUT2D eigenvalue weighted by molar-refractivity contribution is 6.07. The number of imide groups is 1. The molecule has 2 aliphatic rings. The number of nitrogens with zero attached hydrogens (tertiary/aromatic N) is 3. The summed E-state index contributed by atoms with van der Waals surface area (Å²) >= 11 is 0. The van der Waals surface area contributed by atoms with Crippen molar-refractivity contribution in [1.29, 1.82) is 0 Å². The van der Waals surface area contributed by atoms with Crippen LogP contribution in [0, 0.1) is 6.92 Å². The van der Waals surface area contributed by atoms with E-state index in [0.29, 0.717) is 36.1 Å². The van der Waals surface area contributed by atoms with Crippen LogP contribution in [0.25, 0.3) is 11.7 Å². The van der Waals surface area contributed by atoms with E-state index in [1.54, 1.807) is 25.3 Å². The molecule has 8 nitrogen and oxygen atoms in total. The highest BCUT2D eigenvalue weighted by atomic mass is 16.4. The Morgan fingerprint density at radius 1 is 1.13 bits per heavy atom. The smallest absolute Gasteiger partial charge is 0.325 e. The lowest BCUT2D eigenvalue weighted by atomic mass is 9.88. The van der Waals surface area contributed by atoms with Gasteiger partial charge < -0.3 is 14.2 Å². The molecule has 2 fully saturated rings. The Morgan fingerprint density at radius 3 is 2.74 bits per heavy atom. The van der Waals surface area contributed by atoms with Gasteiger partial charge in [0.1, 0.15) is 17.0 Å². The highest BCUT2D eigenvalue weighted by Gasteiger charge is 2.53. The van der Waals surface area contributed by atoms with Crippen molar-refractivity contribution in [3.8, 4) is 11.7 Å². The summed E-state index contributed by atoms with van der Waals surface area (Å²) in [6.45, 7) is 3.99. The molecule has 0 bridgehead atoms. The van der Waals surface area contributed by atoms with E-state index in [4.69, 9.17) is 8.83 Å². The second-order valence-electron chi connectivity index (χ2n) is 8.20. The molecule has 0 aliphatic carbocycles. The van der Waals surface area contributed by atoms with E-state index in [9.17, 15) is 9.59 Å². The number of benzene rings is 1. The van der Waals surface area contributed by atoms with Crippen LogP contribution < -0.4 is 5.32 Å². The number of hydrogen-bond acceptors (Lipinski definition) is 6. The second kappa shape index (κ2) is 7.70. The lowest BCUT2D eigenvalue weighted by Crippen LogP contribution is -2.58. The van der Waals surface area contributed by atoms with E-state index in [1.165, 1.54) is 10.5 Å². The van der Waals surface area contributed by atoms with Crippen LogP contribution in [0.3, 0.4) is 0 Å². The molecule has 0 saturated carbocycles. The summed E-state index contributed by atoms with van der Waals surface area (Å²) in [6.07, 6.45) is 3.02. The maximum atomic E-state index is 13.4. The fourth-order valence-electron chi connectivity index (χ4n) is 4.45. The Labute approximate surface area is 179 Å². The number of oxazole rings is 1. The number of likely N-dealkylation sites (tertiary alicyclic amines) is 1. The number of urea groups is 1. The minimum atomic E-state index is -0.883. The minimum absolute atomic E-state index is 0.0706. The van der Waals surface area contributed by atoms with Crippen molar-refractivity contribution >= 4 is 11.9 Å². The van der Waals surface area contributed by atoms with E-state index >= 15 is 0 Å². The van der Waals surface area contributed by atoms with Gasteiger partial charge in [0.05, 0.1) is 12.8 Å². The topological polar surface area (TPSA) is 91.8 Å². The van der Waals surface area contributed by atoms with Gasteiger partial charge in [-0.3, -0.25) is 14.6 Å². The monoisotopic (exact) mass is 420 g/mol. The van der Waals surface area contributed by atoms with Crippen LogP contribution in [0.15, 0.2) is 57.6 Å². The quantitative estimate of drug-likeness (QED) is 0.637. The molecule has 4 heterocycles. The van der Waals surface area contributed by atoms with Gasteiger partial charge in [0.2, 0.25) is 0 Å². The zero-order chi connectivity index (χ0) is 21.4. The van der Waals surface area contributed by atoms with Crippen LogP contribution in [-0.2, 0) is 17.9 Å². The fourth-order valence-corrected chi connectivity index (χ4v) is 4.45. The lowest BCUT2D eigenvalue weighted by molar-refractivity contribution is -0.133. The van der Waals surface area contributed by atoms with Crippen molar-refractivity contribution in [3.05, 3.63) is 65.7 Å². The zero-order valence-corrected chi connectivity index (χ0v) is 17.3. The molecule has 31 heavy (non-hydrogen) atoms. The molecule has 2 aromatic heterocycles. The number of hydrogen-bond donors (Lipinski definition) is 1. The van der Waals surface area contributed by atoms with Gasteiger partial charge >= 0.3 is 6.03 Å². The number of furan rings is 1. The number of carbonyl (C=O) groups is 2. The van der Waals surface area contributed by atoms with Crippen LogP contribution in [0.2, 0.25) is 0 Å². The van der Waals surface area contributed by atoms with E-state index in [-0.39, 0.29) is 18.5 Å². The molecule has 1 atom stereocenters. The molecule has 3 amide bonds. The summed E-state index contributed by atoms with van der Waals surface area (Å²) in [7, 11) is 0. The predicted octanol–water partition coefficient (Wildman–Crippen LogP) is 3.33. The summed E-state index contributed by atoms with van der Waals surface area (Å²) in [4.78, 5) is 34.1. The lowest BCUT2D eigenvalue weighted by Gasteiger charge is -2.38. The summed E-state index contributed by atoms with van der Waals surface area (Å²) in [5.41, 5.74) is 0.853. The highest BCUT2D eigenvalue weighted by Crippen LogP contribution is 2.31. The Kier molecular flexibility index (Phi) is 4.86. The van der Waals surface area contributed by atoms with Crippen LogP contribution in [0.4, 0.5) is 4.79 Å². The molecule has 2 aliphatic heterocycles. The van der Waals surface area contributed by atoms with Gasteiger partial charge in [0.15, 0.2) is 5.76 Å². The fraction of sp³-hybridized carbons (Fsp3) is 0.348. The minimum Gasteiger partial charge on any atom is -0.459 e. The second-order valence-corrected chi connectivity index (χ2v) is 8.20. The van der Waals surface area contributed by atoms with Crippen molar-refractivity contribution in [2.45, 2.75) is 38.4 Å². The molecule has 3 aromatic rings. The van der Waals surface area contributed by atoms with Gasteiger partial charge in [-0.25, -0.2) is 9.78 Å². The van der Waals surface area contributed by atoms with Crippen LogP contribution in [-0.4, -0.2) is 45.4 Å². The number of carbonyl (C=O) groups excluding carboxylic acids is 2. The average Bonchev–Trinajstić information content (AvgIpc) is 3.46. The first-order valence-corrected chi connectivity index (χ1v) is 10.4. The molecule has 1 unspecified atom stereocenters. The standard InChI is InChI=1S/C23H24N4O4/c1-16-18(24-20(31-16)19-9-5-12-30-19)14-27-21(28)23(25-22(27)29)10-6-11-26(15-23)13-17-7-3-2-4-8-17/h2-5,7-9,12H,6,10-11,13-15H2,1H3,(H,25,29).